The molecule has 14 heavy (non-hydrogen) atoms. The monoisotopic (exact) mass is 192 g/mol. The van der Waals surface area contributed by atoms with Crippen LogP contribution in [-0.2, 0) is 0 Å². The third-order valence-electron chi connectivity index (χ3n) is 2.46. The number of rotatable bonds is 2. The Morgan fingerprint density at radius 3 is 3.14 bits per heavy atom. The highest BCUT2D eigenvalue weighted by Gasteiger charge is 2.19. The van der Waals surface area contributed by atoms with Gasteiger partial charge in [-0.15, -0.1) is 0 Å². The lowest BCUT2D eigenvalue weighted by Crippen LogP contribution is -2.33. The van der Waals surface area contributed by atoms with Gasteiger partial charge in [0.25, 0.3) is 0 Å². The SMILES string of the molecule is CCCN1CCOc2cccc(N)c21. The van der Waals surface area contributed by atoms with E-state index in [1.54, 1.807) is 0 Å². The van der Waals surface area contributed by atoms with Gasteiger partial charge in [-0.1, -0.05) is 13.0 Å². The molecule has 2 N–H and O–H groups in total. The molecule has 0 saturated heterocycles. The maximum Gasteiger partial charge on any atom is 0.144 e. The number of benzene rings is 1. The van der Waals surface area contributed by atoms with Crippen LogP contribution in [-0.4, -0.2) is 19.7 Å². The van der Waals surface area contributed by atoms with E-state index in [9.17, 15) is 0 Å². The zero-order valence-corrected chi connectivity index (χ0v) is 8.49. The highest BCUT2D eigenvalue weighted by molar-refractivity contribution is 5.75. The topological polar surface area (TPSA) is 38.5 Å². The lowest BCUT2D eigenvalue weighted by atomic mass is 10.2. The van der Waals surface area contributed by atoms with E-state index in [1.807, 2.05) is 18.2 Å². The predicted octanol–water partition coefficient (Wildman–Crippen LogP) is 1.88. The molecule has 0 bridgehead atoms. The minimum Gasteiger partial charge on any atom is -0.489 e. The number of hydrogen-bond donors (Lipinski definition) is 1. The number of para-hydroxylation sites is 1. The van der Waals surface area contributed by atoms with Crippen molar-refractivity contribution in [2.24, 2.45) is 0 Å². The van der Waals surface area contributed by atoms with Gasteiger partial charge < -0.3 is 15.4 Å². The number of nitrogen functional groups attached to an aromatic ring is 1. The summed E-state index contributed by atoms with van der Waals surface area (Å²) in [6, 6.07) is 5.84. The molecule has 0 fully saturated rings. The molecule has 1 aliphatic heterocycles. The highest BCUT2D eigenvalue weighted by atomic mass is 16.5. The van der Waals surface area contributed by atoms with E-state index in [4.69, 9.17) is 10.5 Å². The highest BCUT2D eigenvalue weighted by Crippen LogP contribution is 2.36. The second kappa shape index (κ2) is 3.78. The molecule has 0 aliphatic carbocycles. The van der Waals surface area contributed by atoms with Crippen LogP contribution in [0.5, 0.6) is 5.75 Å². The predicted molar refractivity (Wildman–Crippen MR) is 58.9 cm³/mol. The van der Waals surface area contributed by atoms with Crippen molar-refractivity contribution in [3.8, 4) is 5.75 Å². The summed E-state index contributed by atoms with van der Waals surface area (Å²) < 4.78 is 5.56. The Morgan fingerprint density at radius 1 is 1.50 bits per heavy atom. The average Bonchev–Trinajstić information content (AvgIpc) is 2.19. The largest absolute Gasteiger partial charge is 0.489 e. The molecule has 0 unspecified atom stereocenters. The van der Waals surface area contributed by atoms with E-state index in [2.05, 4.69) is 11.8 Å². The summed E-state index contributed by atoms with van der Waals surface area (Å²) >= 11 is 0. The molecule has 1 heterocycles. The first kappa shape index (κ1) is 9.19. The molecule has 1 aliphatic rings. The van der Waals surface area contributed by atoms with Crippen molar-refractivity contribution < 1.29 is 4.74 Å². The van der Waals surface area contributed by atoms with Crippen LogP contribution in [0.2, 0.25) is 0 Å². The molecule has 3 nitrogen and oxygen atoms in total. The lowest BCUT2D eigenvalue weighted by Gasteiger charge is -2.31. The lowest BCUT2D eigenvalue weighted by molar-refractivity contribution is 0.308. The first-order valence-electron chi connectivity index (χ1n) is 5.09. The molecule has 0 aromatic heterocycles. The first-order valence-corrected chi connectivity index (χ1v) is 5.09. The minimum atomic E-state index is 0.760. The van der Waals surface area contributed by atoms with Crippen molar-refractivity contribution in [1.29, 1.82) is 0 Å². The first-order chi connectivity index (χ1) is 6.83. The summed E-state index contributed by atoms with van der Waals surface area (Å²) in [6.07, 6.45) is 1.13. The normalized spacial score (nSPS) is 14.8. The summed E-state index contributed by atoms with van der Waals surface area (Å²) in [5.74, 6) is 0.921. The van der Waals surface area contributed by atoms with Gasteiger partial charge in [-0.05, 0) is 18.6 Å². The van der Waals surface area contributed by atoms with Gasteiger partial charge in [0.2, 0.25) is 0 Å². The van der Waals surface area contributed by atoms with Crippen LogP contribution in [0.25, 0.3) is 0 Å². The second-order valence-corrected chi connectivity index (χ2v) is 3.53. The number of anilines is 2. The van der Waals surface area contributed by atoms with E-state index in [0.717, 1.165) is 43.2 Å². The van der Waals surface area contributed by atoms with Crippen molar-refractivity contribution in [3.63, 3.8) is 0 Å². The smallest absolute Gasteiger partial charge is 0.144 e. The number of ether oxygens (including phenoxy) is 1. The fourth-order valence-corrected chi connectivity index (χ4v) is 1.87. The third-order valence-corrected chi connectivity index (χ3v) is 2.46. The van der Waals surface area contributed by atoms with Crippen molar-refractivity contribution in [2.45, 2.75) is 13.3 Å². The molecule has 2 rings (SSSR count). The van der Waals surface area contributed by atoms with Crippen LogP contribution >= 0.6 is 0 Å². The molecule has 0 radical (unpaired) electrons. The van der Waals surface area contributed by atoms with Crippen molar-refractivity contribution in [2.75, 3.05) is 30.3 Å². The summed E-state index contributed by atoms with van der Waals surface area (Å²) in [5.41, 5.74) is 7.83. The molecule has 1 aromatic carbocycles. The van der Waals surface area contributed by atoms with Gasteiger partial charge in [0.1, 0.15) is 18.0 Å². The van der Waals surface area contributed by atoms with Crippen LogP contribution in [0.4, 0.5) is 11.4 Å². The number of hydrogen-bond acceptors (Lipinski definition) is 3. The van der Waals surface area contributed by atoms with Crippen LogP contribution in [0.3, 0.4) is 0 Å². The molecular formula is C11H16N2O. The van der Waals surface area contributed by atoms with Crippen LogP contribution in [0, 0.1) is 0 Å². The Morgan fingerprint density at radius 2 is 2.36 bits per heavy atom. The van der Waals surface area contributed by atoms with E-state index >= 15 is 0 Å². The Balaban J connectivity index is 2.36. The summed E-state index contributed by atoms with van der Waals surface area (Å²) in [6.45, 7) is 4.92. The second-order valence-electron chi connectivity index (χ2n) is 3.53. The molecule has 3 heteroatoms. The van der Waals surface area contributed by atoms with Gasteiger partial charge in [0, 0.05) is 6.54 Å². The third kappa shape index (κ3) is 1.50. The standard InChI is InChI=1S/C11H16N2O/c1-2-6-13-7-8-14-10-5-3-4-9(12)11(10)13/h3-5H,2,6-8,12H2,1H3. The van der Waals surface area contributed by atoms with Gasteiger partial charge in [0.15, 0.2) is 0 Å². The maximum atomic E-state index is 5.94. The fourth-order valence-electron chi connectivity index (χ4n) is 1.87. The maximum absolute atomic E-state index is 5.94. The molecule has 0 spiro atoms. The number of nitrogens with two attached hydrogens (primary N) is 1. The summed E-state index contributed by atoms with van der Waals surface area (Å²) in [5, 5.41) is 0. The summed E-state index contributed by atoms with van der Waals surface area (Å²) in [7, 11) is 0. The van der Waals surface area contributed by atoms with Crippen molar-refractivity contribution >= 4 is 11.4 Å². The Bertz CT molecular complexity index is 325. The average molecular weight is 192 g/mol. The molecule has 0 amide bonds. The molecule has 76 valence electrons. The molecule has 0 saturated carbocycles. The van der Waals surface area contributed by atoms with Crippen LogP contribution in [0.15, 0.2) is 18.2 Å². The molecular weight excluding hydrogens is 176 g/mol. The van der Waals surface area contributed by atoms with Gasteiger partial charge in [-0.3, -0.25) is 0 Å². The zero-order valence-electron chi connectivity index (χ0n) is 8.49. The Labute approximate surface area is 84.5 Å². The van der Waals surface area contributed by atoms with Gasteiger partial charge in [-0.25, -0.2) is 0 Å². The van der Waals surface area contributed by atoms with Crippen LogP contribution < -0.4 is 15.4 Å². The van der Waals surface area contributed by atoms with Gasteiger partial charge >= 0.3 is 0 Å². The van der Waals surface area contributed by atoms with Crippen LogP contribution in [0.1, 0.15) is 13.3 Å². The van der Waals surface area contributed by atoms with Crippen molar-refractivity contribution in [1.82, 2.24) is 0 Å². The van der Waals surface area contributed by atoms with E-state index in [-0.39, 0.29) is 0 Å². The summed E-state index contributed by atoms with van der Waals surface area (Å²) in [4.78, 5) is 2.30. The molecule has 1 aromatic rings. The zero-order chi connectivity index (χ0) is 9.97. The van der Waals surface area contributed by atoms with E-state index in [1.165, 1.54) is 0 Å². The van der Waals surface area contributed by atoms with Crippen molar-refractivity contribution in [3.05, 3.63) is 18.2 Å². The van der Waals surface area contributed by atoms with Gasteiger partial charge in [-0.2, -0.15) is 0 Å². The fraction of sp³-hybridized carbons (Fsp3) is 0.455. The van der Waals surface area contributed by atoms with E-state index < -0.39 is 0 Å². The molecule has 0 atom stereocenters. The quantitative estimate of drug-likeness (QED) is 0.727. The minimum absolute atomic E-state index is 0.760. The number of fused-ring (bicyclic) bond motifs is 1. The Kier molecular flexibility index (Phi) is 2.48. The van der Waals surface area contributed by atoms with E-state index in [0.29, 0.717) is 0 Å². The number of nitrogens with zero attached hydrogens (tertiary/aromatic N) is 1. The Hall–Kier alpha value is -1.38. The van der Waals surface area contributed by atoms with Gasteiger partial charge in [0.05, 0.1) is 12.2 Å².